The Labute approximate surface area is 106 Å². The number of para-hydroxylation sites is 2. The zero-order valence-corrected chi connectivity index (χ0v) is 11.0. The first-order chi connectivity index (χ1) is 8.33. The van der Waals surface area contributed by atoms with Gasteiger partial charge < -0.3 is 10.1 Å². The molecule has 1 N–H and O–H groups in total. The van der Waals surface area contributed by atoms with Gasteiger partial charge in [-0.25, -0.2) is 0 Å². The van der Waals surface area contributed by atoms with Crippen molar-refractivity contribution >= 4 is 17.0 Å². The van der Waals surface area contributed by atoms with E-state index in [1.807, 2.05) is 35.6 Å². The number of ether oxygens (including phenoxy) is 1. The van der Waals surface area contributed by atoms with Crippen LogP contribution in [0.25, 0.3) is 0 Å². The molecular formula is C14H17NOS. The van der Waals surface area contributed by atoms with E-state index in [0.29, 0.717) is 0 Å². The van der Waals surface area contributed by atoms with Gasteiger partial charge in [0.1, 0.15) is 5.75 Å². The second-order valence-corrected chi connectivity index (χ2v) is 5.03. The molecule has 0 radical (unpaired) electrons. The Morgan fingerprint density at radius 2 is 1.88 bits per heavy atom. The molecule has 0 spiro atoms. The number of hydrogen-bond donors (Lipinski definition) is 1. The summed E-state index contributed by atoms with van der Waals surface area (Å²) in [6.45, 7) is 3.04. The summed E-state index contributed by atoms with van der Waals surface area (Å²) in [4.78, 5) is 2.79. The maximum atomic E-state index is 5.30. The predicted octanol–water partition coefficient (Wildman–Crippen LogP) is 3.93. The Morgan fingerprint density at radius 3 is 2.59 bits per heavy atom. The van der Waals surface area contributed by atoms with Crippen molar-refractivity contribution in [2.45, 2.75) is 19.9 Å². The van der Waals surface area contributed by atoms with Crippen LogP contribution in [0.4, 0.5) is 5.69 Å². The summed E-state index contributed by atoms with van der Waals surface area (Å²) < 4.78 is 5.30. The molecule has 0 amide bonds. The Kier molecular flexibility index (Phi) is 4.04. The molecule has 0 aliphatic carbocycles. The van der Waals surface area contributed by atoms with Crippen molar-refractivity contribution in [3.63, 3.8) is 0 Å². The van der Waals surface area contributed by atoms with E-state index < -0.39 is 0 Å². The standard InChI is InChI=1S/C14H17NOS/c1-3-11-8-9-12(17-11)10-15-13-6-4-5-7-14(13)16-2/h4-9,15H,3,10H2,1-2H3. The molecule has 2 aromatic rings. The Morgan fingerprint density at radius 1 is 1.12 bits per heavy atom. The highest BCUT2D eigenvalue weighted by atomic mass is 32.1. The quantitative estimate of drug-likeness (QED) is 0.864. The molecule has 0 bridgehead atoms. The molecule has 0 saturated heterocycles. The van der Waals surface area contributed by atoms with Crippen molar-refractivity contribution in [2.24, 2.45) is 0 Å². The Balaban J connectivity index is 2.01. The summed E-state index contributed by atoms with van der Waals surface area (Å²) in [7, 11) is 1.70. The monoisotopic (exact) mass is 247 g/mol. The zero-order valence-electron chi connectivity index (χ0n) is 10.2. The van der Waals surface area contributed by atoms with Crippen LogP contribution in [0.3, 0.4) is 0 Å². The van der Waals surface area contributed by atoms with E-state index in [-0.39, 0.29) is 0 Å². The van der Waals surface area contributed by atoms with E-state index >= 15 is 0 Å². The Hall–Kier alpha value is -1.48. The predicted molar refractivity (Wildman–Crippen MR) is 74.0 cm³/mol. The molecule has 0 aliphatic rings. The first-order valence-corrected chi connectivity index (χ1v) is 6.59. The van der Waals surface area contributed by atoms with Gasteiger partial charge in [-0.1, -0.05) is 19.1 Å². The maximum absolute atomic E-state index is 5.30. The number of nitrogens with one attached hydrogen (secondary N) is 1. The maximum Gasteiger partial charge on any atom is 0.141 e. The van der Waals surface area contributed by atoms with E-state index in [2.05, 4.69) is 24.4 Å². The molecule has 0 fully saturated rings. The van der Waals surface area contributed by atoms with Crippen molar-refractivity contribution < 1.29 is 4.74 Å². The summed E-state index contributed by atoms with van der Waals surface area (Å²) in [6, 6.07) is 12.4. The summed E-state index contributed by atoms with van der Waals surface area (Å²) >= 11 is 1.86. The van der Waals surface area contributed by atoms with Crippen LogP contribution in [0.15, 0.2) is 36.4 Å². The van der Waals surface area contributed by atoms with Crippen molar-refractivity contribution in [2.75, 3.05) is 12.4 Å². The zero-order chi connectivity index (χ0) is 12.1. The average Bonchev–Trinajstić information content (AvgIpc) is 2.84. The van der Waals surface area contributed by atoms with Crippen molar-refractivity contribution in [3.05, 3.63) is 46.2 Å². The lowest BCUT2D eigenvalue weighted by molar-refractivity contribution is 0.416. The lowest BCUT2D eigenvalue weighted by Crippen LogP contribution is -1.99. The van der Waals surface area contributed by atoms with Crippen LogP contribution in [-0.4, -0.2) is 7.11 Å². The molecule has 90 valence electrons. The summed E-state index contributed by atoms with van der Waals surface area (Å²) in [5.41, 5.74) is 1.04. The normalized spacial score (nSPS) is 10.2. The molecule has 2 nitrogen and oxygen atoms in total. The second-order valence-electron chi connectivity index (χ2n) is 3.78. The van der Waals surface area contributed by atoms with Gasteiger partial charge in [0.15, 0.2) is 0 Å². The van der Waals surface area contributed by atoms with Gasteiger partial charge in [0.2, 0.25) is 0 Å². The van der Waals surface area contributed by atoms with Gasteiger partial charge in [0, 0.05) is 16.3 Å². The van der Waals surface area contributed by atoms with E-state index in [0.717, 1.165) is 24.4 Å². The van der Waals surface area contributed by atoms with Crippen molar-refractivity contribution in [1.29, 1.82) is 0 Å². The number of methoxy groups -OCH3 is 1. The fourth-order valence-electron chi connectivity index (χ4n) is 1.68. The smallest absolute Gasteiger partial charge is 0.141 e. The van der Waals surface area contributed by atoms with Crippen molar-refractivity contribution in [1.82, 2.24) is 0 Å². The molecule has 1 aromatic heterocycles. The van der Waals surface area contributed by atoms with E-state index in [4.69, 9.17) is 4.74 Å². The first kappa shape index (κ1) is 12.0. The van der Waals surface area contributed by atoms with Crippen LogP contribution in [0.2, 0.25) is 0 Å². The number of anilines is 1. The fourth-order valence-corrected chi connectivity index (χ4v) is 2.58. The fraction of sp³-hybridized carbons (Fsp3) is 0.286. The lowest BCUT2D eigenvalue weighted by atomic mass is 10.3. The number of aryl methyl sites for hydroxylation is 1. The largest absolute Gasteiger partial charge is 0.495 e. The molecule has 0 aliphatic heterocycles. The first-order valence-electron chi connectivity index (χ1n) is 5.78. The van der Waals surface area contributed by atoms with Crippen LogP contribution in [0, 0.1) is 0 Å². The minimum Gasteiger partial charge on any atom is -0.495 e. The van der Waals surface area contributed by atoms with Gasteiger partial charge >= 0.3 is 0 Å². The number of thiophene rings is 1. The molecule has 0 unspecified atom stereocenters. The Bertz CT molecular complexity index is 479. The summed E-state index contributed by atoms with van der Waals surface area (Å²) in [6.07, 6.45) is 1.11. The minimum absolute atomic E-state index is 0.852. The third-order valence-electron chi connectivity index (χ3n) is 2.63. The van der Waals surface area contributed by atoms with Gasteiger partial charge in [0.25, 0.3) is 0 Å². The summed E-state index contributed by atoms with van der Waals surface area (Å²) in [5.74, 6) is 0.889. The average molecular weight is 247 g/mol. The molecule has 2 rings (SSSR count). The molecule has 0 saturated carbocycles. The second kappa shape index (κ2) is 5.73. The molecule has 0 atom stereocenters. The molecule has 1 heterocycles. The van der Waals surface area contributed by atoms with Gasteiger partial charge in [0.05, 0.1) is 12.8 Å². The molecule has 3 heteroatoms. The number of benzene rings is 1. The van der Waals surface area contributed by atoms with Gasteiger partial charge in [-0.15, -0.1) is 11.3 Å². The molecular weight excluding hydrogens is 230 g/mol. The highest BCUT2D eigenvalue weighted by Gasteiger charge is 2.02. The van der Waals surface area contributed by atoms with Crippen LogP contribution < -0.4 is 10.1 Å². The van der Waals surface area contributed by atoms with E-state index in [9.17, 15) is 0 Å². The third kappa shape index (κ3) is 3.01. The van der Waals surface area contributed by atoms with Gasteiger partial charge in [-0.05, 0) is 30.7 Å². The van der Waals surface area contributed by atoms with Crippen LogP contribution in [-0.2, 0) is 13.0 Å². The van der Waals surface area contributed by atoms with Gasteiger partial charge in [-0.3, -0.25) is 0 Å². The van der Waals surface area contributed by atoms with Crippen LogP contribution >= 0.6 is 11.3 Å². The topological polar surface area (TPSA) is 21.3 Å². The third-order valence-corrected chi connectivity index (χ3v) is 3.86. The van der Waals surface area contributed by atoms with Crippen LogP contribution in [0.5, 0.6) is 5.75 Å². The number of rotatable bonds is 5. The highest BCUT2D eigenvalue weighted by Crippen LogP contribution is 2.25. The highest BCUT2D eigenvalue weighted by molar-refractivity contribution is 7.12. The van der Waals surface area contributed by atoms with Crippen molar-refractivity contribution in [3.8, 4) is 5.75 Å². The van der Waals surface area contributed by atoms with Crippen LogP contribution in [0.1, 0.15) is 16.7 Å². The summed E-state index contributed by atoms with van der Waals surface area (Å²) in [5, 5.41) is 3.40. The van der Waals surface area contributed by atoms with Gasteiger partial charge in [-0.2, -0.15) is 0 Å². The SMILES string of the molecule is CCc1ccc(CNc2ccccc2OC)s1. The molecule has 1 aromatic carbocycles. The van der Waals surface area contributed by atoms with E-state index in [1.54, 1.807) is 7.11 Å². The lowest BCUT2D eigenvalue weighted by Gasteiger charge is -2.09. The minimum atomic E-state index is 0.852. The number of hydrogen-bond acceptors (Lipinski definition) is 3. The molecule has 17 heavy (non-hydrogen) atoms. The van der Waals surface area contributed by atoms with E-state index in [1.165, 1.54) is 9.75 Å².